The Morgan fingerprint density at radius 2 is 1.94 bits per heavy atom. The monoisotopic (exact) mass is 301 g/mol. The summed E-state index contributed by atoms with van der Waals surface area (Å²) in [6.45, 7) is 11.6. The minimum Gasteiger partial charge on any atom is -0.443 e. The molecule has 96 valence electrons. The van der Waals surface area contributed by atoms with E-state index in [0.29, 0.717) is 0 Å². The van der Waals surface area contributed by atoms with Crippen LogP contribution in [0, 0.1) is 6.92 Å². The molecule has 0 saturated heterocycles. The highest BCUT2D eigenvalue weighted by molar-refractivity contribution is 9.10. The molecule has 0 aliphatic rings. The summed E-state index contributed by atoms with van der Waals surface area (Å²) in [5.41, 5.74) is 1.36. The van der Waals surface area contributed by atoms with Gasteiger partial charge in [-0.1, -0.05) is 13.8 Å². The third-order valence-corrected chi connectivity index (χ3v) is 2.93. The molecule has 3 nitrogen and oxygen atoms in total. The van der Waals surface area contributed by atoms with Crippen molar-refractivity contribution in [3.8, 4) is 0 Å². The van der Waals surface area contributed by atoms with Crippen LogP contribution in [0.3, 0.4) is 0 Å². The molecule has 0 aliphatic heterocycles. The Morgan fingerprint density at radius 3 is 2.35 bits per heavy atom. The molecule has 0 saturated carbocycles. The Hall–Kier alpha value is -0.770. The summed E-state index contributed by atoms with van der Waals surface area (Å²) < 4.78 is 8.01. The molecule has 0 atom stereocenters. The first kappa shape index (κ1) is 14.3. The van der Waals surface area contributed by atoms with Crippen molar-refractivity contribution < 1.29 is 9.53 Å². The molecular formula is C13H20BrNO2. The van der Waals surface area contributed by atoms with Crippen molar-refractivity contribution in [1.29, 1.82) is 0 Å². The summed E-state index contributed by atoms with van der Waals surface area (Å²) in [5, 5.41) is 0. The number of nitrogens with zero attached hydrogens (tertiary/aromatic N) is 1. The maximum Gasteiger partial charge on any atom is 0.418 e. The topological polar surface area (TPSA) is 31.2 Å². The predicted molar refractivity (Wildman–Crippen MR) is 72.6 cm³/mol. The summed E-state index contributed by atoms with van der Waals surface area (Å²) in [4.78, 5) is 12.1. The normalized spacial score (nSPS) is 12.0. The van der Waals surface area contributed by atoms with Gasteiger partial charge >= 0.3 is 6.09 Å². The lowest BCUT2D eigenvalue weighted by Gasteiger charge is -2.22. The van der Waals surface area contributed by atoms with Crippen LogP contribution < -0.4 is 0 Å². The van der Waals surface area contributed by atoms with Crippen LogP contribution in [-0.2, 0) is 4.74 Å². The van der Waals surface area contributed by atoms with Crippen molar-refractivity contribution in [2.45, 2.75) is 53.1 Å². The third-order valence-electron chi connectivity index (χ3n) is 2.30. The van der Waals surface area contributed by atoms with Gasteiger partial charge < -0.3 is 4.74 Å². The van der Waals surface area contributed by atoms with Gasteiger partial charge in [0.1, 0.15) is 5.60 Å². The Balaban J connectivity index is 3.17. The molecule has 0 aliphatic carbocycles. The molecule has 17 heavy (non-hydrogen) atoms. The minimum absolute atomic E-state index is 0.255. The van der Waals surface area contributed by atoms with Crippen LogP contribution in [0.15, 0.2) is 10.5 Å². The van der Waals surface area contributed by atoms with E-state index in [0.717, 1.165) is 15.9 Å². The van der Waals surface area contributed by atoms with E-state index in [1.54, 1.807) is 4.57 Å². The van der Waals surface area contributed by atoms with Crippen molar-refractivity contribution in [3.63, 3.8) is 0 Å². The number of carbonyl (C=O) groups excluding carboxylic acids is 1. The standard InChI is InChI=1S/C13H20BrNO2/c1-8(2)11-10(14)7-9(3)15(11)12(16)17-13(4,5)6/h7-8H,1-6H3. The molecule has 1 aromatic rings. The number of aryl methyl sites for hydroxylation is 1. The molecule has 0 radical (unpaired) electrons. The first-order valence-corrected chi connectivity index (χ1v) is 6.54. The Morgan fingerprint density at radius 1 is 1.41 bits per heavy atom. The average molecular weight is 302 g/mol. The molecular weight excluding hydrogens is 282 g/mol. The van der Waals surface area contributed by atoms with E-state index >= 15 is 0 Å². The molecule has 1 heterocycles. The molecule has 0 fully saturated rings. The summed E-state index contributed by atoms with van der Waals surface area (Å²) in [7, 11) is 0. The maximum atomic E-state index is 12.1. The molecule has 4 heteroatoms. The quantitative estimate of drug-likeness (QED) is 0.766. The van der Waals surface area contributed by atoms with E-state index in [1.165, 1.54) is 0 Å². The zero-order valence-electron chi connectivity index (χ0n) is 11.3. The first-order valence-electron chi connectivity index (χ1n) is 5.74. The van der Waals surface area contributed by atoms with E-state index in [4.69, 9.17) is 4.74 Å². The van der Waals surface area contributed by atoms with Gasteiger partial charge in [0.05, 0.1) is 0 Å². The van der Waals surface area contributed by atoms with Crippen LogP contribution >= 0.6 is 15.9 Å². The van der Waals surface area contributed by atoms with Crippen LogP contribution in [0.1, 0.15) is 51.9 Å². The average Bonchev–Trinajstić information content (AvgIpc) is 2.37. The van der Waals surface area contributed by atoms with Crippen LogP contribution in [0.4, 0.5) is 4.79 Å². The maximum absolute atomic E-state index is 12.1. The van der Waals surface area contributed by atoms with Crippen LogP contribution in [0.5, 0.6) is 0 Å². The highest BCUT2D eigenvalue weighted by atomic mass is 79.9. The van der Waals surface area contributed by atoms with Gasteiger partial charge in [-0.05, 0) is 55.6 Å². The van der Waals surface area contributed by atoms with Gasteiger partial charge in [-0.25, -0.2) is 4.79 Å². The summed E-state index contributed by atoms with van der Waals surface area (Å²) >= 11 is 3.49. The summed E-state index contributed by atoms with van der Waals surface area (Å²) in [6.07, 6.45) is -0.315. The van der Waals surface area contributed by atoms with Crippen molar-refractivity contribution in [2.24, 2.45) is 0 Å². The molecule has 0 unspecified atom stereocenters. The predicted octanol–water partition coefficient (Wildman–Crippen LogP) is 4.47. The Labute approximate surface area is 111 Å². The smallest absolute Gasteiger partial charge is 0.418 e. The Kier molecular flexibility index (Phi) is 4.07. The zero-order valence-corrected chi connectivity index (χ0v) is 12.9. The first-order chi connectivity index (χ1) is 7.63. The van der Waals surface area contributed by atoms with E-state index in [9.17, 15) is 4.79 Å². The minimum atomic E-state index is -0.478. The largest absolute Gasteiger partial charge is 0.443 e. The Bertz CT molecular complexity index is 427. The van der Waals surface area contributed by atoms with E-state index in [-0.39, 0.29) is 12.0 Å². The molecule has 0 amide bonds. The van der Waals surface area contributed by atoms with Crippen molar-refractivity contribution in [2.75, 3.05) is 0 Å². The second kappa shape index (κ2) is 4.84. The fourth-order valence-electron chi connectivity index (χ4n) is 1.70. The SMILES string of the molecule is Cc1cc(Br)c(C(C)C)n1C(=O)OC(C)(C)C. The zero-order chi connectivity index (χ0) is 13.4. The van der Waals surface area contributed by atoms with Crippen LogP contribution in [-0.4, -0.2) is 16.3 Å². The molecule has 0 spiro atoms. The highest BCUT2D eigenvalue weighted by Gasteiger charge is 2.24. The lowest BCUT2D eigenvalue weighted by Crippen LogP contribution is -2.28. The van der Waals surface area contributed by atoms with Crippen molar-refractivity contribution in [3.05, 3.63) is 21.9 Å². The van der Waals surface area contributed by atoms with Crippen LogP contribution in [0.25, 0.3) is 0 Å². The number of rotatable bonds is 1. The van der Waals surface area contributed by atoms with Gasteiger partial charge in [0, 0.05) is 15.9 Å². The number of aromatic nitrogens is 1. The fourth-order valence-corrected chi connectivity index (χ4v) is 2.67. The molecule has 0 bridgehead atoms. The van der Waals surface area contributed by atoms with Gasteiger partial charge in [0.2, 0.25) is 0 Å². The number of hydrogen-bond donors (Lipinski definition) is 0. The second-order valence-electron chi connectivity index (χ2n) is 5.49. The van der Waals surface area contributed by atoms with E-state index in [1.807, 2.05) is 33.8 Å². The van der Waals surface area contributed by atoms with Gasteiger partial charge in [-0.3, -0.25) is 4.57 Å². The molecule has 1 rings (SSSR count). The molecule has 0 N–H and O–H groups in total. The third kappa shape index (κ3) is 3.35. The van der Waals surface area contributed by atoms with Crippen LogP contribution in [0.2, 0.25) is 0 Å². The molecule has 0 aromatic carbocycles. The molecule has 1 aromatic heterocycles. The summed E-state index contributed by atoms with van der Waals surface area (Å²) in [6, 6.07) is 1.94. The van der Waals surface area contributed by atoms with Gasteiger partial charge in [0.25, 0.3) is 0 Å². The lowest BCUT2D eigenvalue weighted by molar-refractivity contribution is 0.0528. The van der Waals surface area contributed by atoms with Crippen molar-refractivity contribution in [1.82, 2.24) is 4.57 Å². The van der Waals surface area contributed by atoms with E-state index < -0.39 is 5.60 Å². The van der Waals surface area contributed by atoms with Crippen molar-refractivity contribution >= 4 is 22.0 Å². The van der Waals surface area contributed by atoms with Gasteiger partial charge in [0.15, 0.2) is 0 Å². The lowest BCUT2D eigenvalue weighted by atomic mass is 10.1. The number of carbonyl (C=O) groups is 1. The number of hydrogen-bond acceptors (Lipinski definition) is 2. The van der Waals surface area contributed by atoms with E-state index in [2.05, 4.69) is 29.8 Å². The van der Waals surface area contributed by atoms with Gasteiger partial charge in [-0.2, -0.15) is 0 Å². The van der Waals surface area contributed by atoms with Gasteiger partial charge in [-0.15, -0.1) is 0 Å². The number of ether oxygens (including phenoxy) is 1. The second-order valence-corrected chi connectivity index (χ2v) is 6.34. The number of halogens is 1. The fraction of sp³-hybridized carbons (Fsp3) is 0.615. The highest BCUT2D eigenvalue weighted by Crippen LogP contribution is 2.29. The summed E-state index contributed by atoms with van der Waals surface area (Å²) in [5.74, 6) is 0.255.